The van der Waals surface area contributed by atoms with Crippen molar-refractivity contribution in [3.8, 4) is 0 Å². The molecule has 0 bridgehead atoms. The Morgan fingerprint density at radius 1 is 1.40 bits per heavy atom. The Kier molecular flexibility index (Phi) is 7.16. The summed E-state index contributed by atoms with van der Waals surface area (Å²) in [5, 5.41) is 11.7. The summed E-state index contributed by atoms with van der Waals surface area (Å²) >= 11 is 0. The number of aliphatic hydroxyl groups excluding tert-OH is 1. The van der Waals surface area contributed by atoms with Crippen LogP contribution >= 0.6 is 0 Å². The number of Topliss-reactive ketones (excluding diaryl/α,β-unsaturated/α-hetero) is 1. The maximum absolute atomic E-state index is 12.1. The van der Waals surface area contributed by atoms with Gasteiger partial charge in [0.1, 0.15) is 0 Å². The summed E-state index contributed by atoms with van der Waals surface area (Å²) in [7, 11) is 0. The third kappa shape index (κ3) is 5.21. The molecule has 1 rings (SSSR count). The van der Waals surface area contributed by atoms with Crippen molar-refractivity contribution < 1.29 is 14.7 Å². The number of ketones is 1. The summed E-state index contributed by atoms with van der Waals surface area (Å²) in [6, 6.07) is 0.00345. The van der Waals surface area contributed by atoms with E-state index in [2.05, 4.69) is 10.2 Å². The molecule has 0 aromatic heterocycles. The zero-order chi connectivity index (χ0) is 15.1. The fourth-order valence-corrected chi connectivity index (χ4v) is 2.90. The van der Waals surface area contributed by atoms with Crippen molar-refractivity contribution in [1.82, 2.24) is 10.2 Å². The zero-order valence-corrected chi connectivity index (χ0v) is 12.9. The fourth-order valence-electron chi connectivity index (χ4n) is 2.90. The molecule has 1 fully saturated rings. The van der Waals surface area contributed by atoms with Crippen molar-refractivity contribution in [3.05, 3.63) is 0 Å². The molecule has 0 radical (unpaired) electrons. The molecule has 1 aliphatic rings. The van der Waals surface area contributed by atoms with Gasteiger partial charge in [-0.1, -0.05) is 13.8 Å². The summed E-state index contributed by atoms with van der Waals surface area (Å²) in [5.41, 5.74) is 0. The summed E-state index contributed by atoms with van der Waals surface area (Å²) in [4.78, 5) is 25.8. The summed E-state index contributed by atoms with van der Waals surface area (Å²) < 4.78 is 0. The van der Waals surface area contributed by atoms with Crippen LogP contribution in [-0.2, 0) is 9.59 Å². The van der Waals surface area contributed by atoms with E-state index in [1.54, 1.807) is 0 Å². The lowest BCUT2D eigenvalue weighted by atomic mass is 10.0. The van der Waals surface area contributed by atoms with Gasteiger partial charge in [0, 0.05) is 12.6 Å². The summed E-state index contributed by atoms with van der Waals surface area (Å²) in [6.45, 7) is 6.88. The van der Waals surface area contributed by atoms with Crippen LogP contribution in [0.15, 0.2) is 0 Å². The molecule has 1 saturated heterocycles. The number of nitrogens with one attached hydrogen (secondary N) is 1. The monoisotopic (exact) mass is 284 g/mol. The van der Waals surface area contributed by atoms with Gasteiger partial charge in [-0.25, -0.2) is 0 Å². The molecule has 1 aliphatic heterocycles. The molecule has 0 spiro atoms. The highest BCUT2D eigenvalue weighted by molar-refractivity contribution is 5.88. The first-order valence-electron chi connectivity index (χ1n) is 7.60. The number of carbonyl (C=O) groups excluding carboxylic acids is 2. The Labute approximate surface area is 121 Å². The Hall–Kier alpha value is -0.940. The van der Waals surface area contributed by atoms with Crippen LogP contribution in [0.2, 0.25) is 0 Å². The lowest BCUT2D eigenvalue weighted by molar-refractivity contribution is -0.128. The van der Waals surface area contributed by atoms with Gasteiger partial charge in [-0.05, 0) is 45.1 Å². The van der Waals surface area contributed by atoms with Crippen LogP contribution in [-0.4, -0.2) is 53.5 Å². The van der Waals surface area contributed by atoms with Crippen LogP contribution in [0.25, 0.3) is 0 Å². The fraction of sp³-hybridized carbons (Fsp3) is 0.867. The SMILES string of the molecule is CC(=O)C(NC(=O)CN1CCCC1CCCO)C(C)C. The van der Waals surface area contributed by atoms with Crippen LogP contribution < -0.4 is 5.32 Å². The van der Waals surface area contributed by atoms with Crippen molar-refractivity contribution in [2.45, 2.75) is 58.5 Å². The number of rotatable bonds is 8. The summed E-state index contributed by atoms with van der Waals surface area (Å²) in [5.74, 6) is 0.0432. The van der Waals surface area contributed by atoms with Crippen molar-refractivity contribution >= 4 is 11.7 Å². The topological polar surface area (TPSA) is 69.6 Å². The molecule has 2 unspecified atom stereocenters. The van der Waals surface area contributed by atoms with Crippen molar-refractivity contribution in [2.24, 2.45) is 5.92 Å². The van der Waals surface area contributed by atoms with Gasteiger partial charge >= 0.3 is 0 Å². The van der Waals surface area contributed by atoms with Crippen molar-refractivity contribution in [1.29, 1.82) is 0 Å². The van der Waals surface area contributed by atoms with Crippen LogP contribution in [0.1, 0.15) is 46.5 Å². The third-order valence-corrected chi connectivity index (χ3v) is 3.96. The Bertz CT molecular complexity index is 331. The number of hydrogen-bond donors (Lipinski definition) is 2. The second-order valence-electron chi connectivity index (χ2n) is 6.03. The van der Waals surface area contributed by atoms with Gasteiger partial charge in [0.2, 0.25) is 5.91 Å². The first kappa shape index (κ1) is 17.1. The second kappa shape index (κ2) is 8.37. The normalized spacial score (nSPS) is 21.1. The van der Waals surface area contributed by atoms with E-state index in [9.17, 15) is 9.59 Å². The van der Waals surface area contributed by atoms with E-state index in [4.69, 9.17) is 5.11 Å². The second-order valence-corrected chi connectivity index (χ2v) is 6.03. The van der Waals surface area contributed by atoms with E-state index in [1.807, 2.05) is 13.8 Å². The minimum absolute atomic E-state index is 0.00611. The van der Waals surface area contributed by atoms with Gasteiger partial charge in [-0.3, -0.25) is 14.5 Å². The molecule has 0 saturated carbocycles. The van der Waals surface area contributed by atoms with E-state index in [-0.39, 0.29) is 30.3 Å². The van der Waals surface area contributed by atoms with Crippen molar-refractivity contribution in [3.63, 3.8) is 0 Å². The molecular formula is C15H28N2O3. The van der Waals surface area contributed by atoms with Crippen LogP contribution in [0.4, 0.5) is 0 Å². The average molecular weight is 284 g/mol. The van der Waals surface area contributed by atoms with Crippen LogP contribution in [0.5, 0.6) is 0 Å². The van der Waals surface area contributed by atoms with E-state index in [0.29, 0.717) is 12.6 Å². The smallest absolute Gasteiger partial charge is 0.234 e. The molecular weight excluding hydrogens is 256 g/mol. The summed E-state index contributed by atoms with van der Waals surface area (Å²) in [6.07, 6.45) is 3.91. The molecule has 116 valence electrons. The van der Waals surface area contributed by atoms with Gasteiger partial charge in [-0.2, -0.15) is 0 Å². The number of aliphatic hydroxyl groups is 1. The van der Waals surface area contributed by atoms with Crippen LogP contribution in [0.3, 0.4) is 0 Å². The molecule has 2 atom stereocenters. The predicted octanol–water partition coefficient (Wildman–Crippen LogP) is 0.953. The maximum atomic E-state index is 12.1. The van der Waals surface area contributed by atoms with Gasteiger partial charge in [0.05, 0.1) is 12.6 Å². The zero-order valence-electron chi connectivity index (χ0n) is 12.9. The van der Waals surface area contributed by atoms with Crippen LogP contribution in [0, 0.1) is 5.92 Å². The molecule has 2 N–H and O–H groups in total. The number of likely N-dealkylation sites (tertiary alicyclic amines) is 1. The van der Waals surface area contributed by atoms with Gasteiger partial charge < -0.3 is 10.4 Å². The molecule has 0 aromatic rings. The van der Waals surface area contributed by atoms with E-state index in [1.165, 1.54) is 6.92 Å². The maximum Gasteiger partial charge on any atom is 0.234 e. The Morgan fingerprint density at radius 2 is 2.10 bits per heavy atom. The highest BCUT2D eigenvalue weighted by Crippen LogP contribution is 2.20. The predicted molar refractivity (Wildman–Crippen MR) is 78.4 cm³/mol. The number of hydrogen-bond acceptors (Lipinski definition) is 4. The molecule has 1 amide bonds. The quantitative estimate of drug-likeness (QED) is 0.696. The average Bonchev–Trinajstić information content (AvgIpc) is 2.80. The third-order valence-electron chi connectivity index (χ3n) is 3.96. The van der Waals surface area contributed by atoms with Gasteiger partial charge in [0.25, 0.3) is 0 Å². The number of amides is 1. The molecule has 0 aliphatic carbocycles. The molecule has 0 aromatic carbocycles. The molecule has 5 heteroatoms. The lowest BCUT2D eigenvalue weighted by Crippen LogP contribution is -2.48. The molecule has 20 heavy (non-hydrogen) atoms. The van der Waals surface area contributed by atoms with Gasteiger partial charge in [-0.15, -0.1) is 0 Å². The Balaban J connectivity index is 2.46. The highest BCUT2D eigenvalue weighted by atomic mass is 16.3. The minimum Gasteiger partial charge on any atom is -0.396 e. The largest absolute Gasteiger partial charge is 0.396 e. The lowest BCUT2D eigenvalue weighted by Gasteiger charge is -2.26. The first-order valence-corrected chi connectivity index (χ1v) is 7.60. The molecule has 1 heterocycles. The molecule has 5 nitrogen and oxygen atoms in total. The number of carbonyl (C=O) groups is 2. The van der Waals surface area contributed by atoms with Crippen molar-refractivity contribution in [2.75, 3.05) is 19.7 Å². The Morgan fingerprint density at radius 3 is 2.65 bits per heavy atom. The minimum atomic E-state index is -0.388. The van der Waals surface area contributed by atoms with E-state index < -0.39 is 0 Å². The highest BCUT2D eigenvalue weighted by Gasteiger charge is 2.27. The number of nitrogens with zero attached hydrogens (tertiary/aromatic N) is 1. The van der Waals surface area contributed by atoms with Gasteiger partial charge in [0.15, 0.2) is 5.78 Å². The van der Waals surface area contributed by atoms with E-state index >= 15 is 0 Å². The standard InChI is InChI=1S/C15H28N2O3/c1-11(2)15(12(3)19)16-14(20)10-17-8-4-6-13(17)7-5-9-18/h11,13,15,18H,4-10H2,1-3H3,(H,16,20). The van der Waals surface area contributed by atoms with E-state index in [0.717, 1.165) is 32.2 Å². The first-order chi connectivity index (χ1) is 9.45.